The fourth-order valence-corrected chi connectivity index (χ4v) is 2.27. The van der Waals surface area contributed by atoms with Gasteiger partial charge in [0.25, 0.3) is 11.6 Å². The van der Waals surface area contributed by atoms with Crippen LogP contribution in [0.25, 0.3) is 0 Å². The summed E-state index contributed by atoms with van der Waals surface area (Å²) in [4.78, 5) is 22.1. The van der Waals surface area contributed by atoms with Crippen LogP contribution in [0.5, 0.6) is 0 Å². The van der Waals surface area contributed by atoms with Crippen molar-refractivity contribution in [3.8, 4) is 0 Å². The van der Waals surface area contributed by atoms with Crippen LogP contribution >= 0.6 is 15.9 Å². The fraction of sp³-hybridized carbons (Fsp3) is 0.231. The molecule has 21 heavy (non-hydrogen) atoms. The van der Waals surface area contributed by atoms with Crippen molar-refractivity contribution < 1.29 is 9.72 Å². The molecule has 0 aliphatic rings. The number of rotatable bonds is 5. The second-order valence-electron chi connectivity index (χ2n) is 4.24. The largest absolute Gasteiger partial charge is 0.346 e. The number of aryl methyl sites for hydroxylation is 1. The summed E-state index contributed by atoms with van der Waals surface area (Å²) in [5.74, 6) is -0.291. The van der Waals surface area contributed by atoms with E-state index in [9.17, 15) is 14.9 Å². The van der Waals surface area contributed by atoms with Crippen molar-refractivity contribution in [2.45, 2.75) is 20.0 Å². The molecule has 0 fully saturated rings. The molecule has 0 bridgehead atoms. The number of hydrogen-bond acceptors (Lipinski definition) is 4. The van der Waals surface area contributed by atoms with Gasteiger partial charge < -0.3 is 5.32 Å². The van der Waals surface area contributed by atoms with Gasteiger partial charge in [0, 0.05) is 24.2 Å². The van der Waals surface area contributed by atoms with Crippen molar-refractivity contribution in [2.24, 2.45) is 0 Å². The van der Waals surface area contributed by atoms with E-state index in [1.54, 1.807) is 10.9 Å². The van der Waals surface area contributed by atoms with Gasteiger partial charge in [-0.05, 0) is 35.0 Å². The highest BCUT2D eigenvalue weighted by molar-refractivity contribution is 9.10. The molecule has 1 N–H and O–H groups in total. The molecule has 1 amide bonds. The monoisotopic (exact) mass is 352 g/mol. The maximum atomic E-state index is 12.0. The van der Waals surface area contributed by atoms with E-state index in [4.69, 9.17) is 0 Å². The lowest BCUT2D eigenvalue weighted by Gasteiger charge is -2.08. The lowest BCUT2D eigenvalue weighted by Crippen LogP contribution is -2.24. The van der Waals surface area contributed by atoms with Crippen LogP contribution < -0.4 is 5.32 Å². The van der Waals surface area contributed by atoms with E-state index in [-0.39, 0.29) is 11.6 Å². The number of carbonyl (C=O) groups excluding carboxylic acids is 1. The molecule has 2 aromatic rings. The third kappa shape index (κ3) is 3.46. The van der Waals surface area contributed by atoms with Crippen molar-refractivity contribution in [3.63, 3.8) is 0 Å². The Morgan fingerprint density at radius 1 is 1.43 bits per heavy atom. The summed E-state index contributed by atoms with van der Waals surface area (Å²) in [6.07, 6.45) is 1.68. The highest BCUT2D eigenvalue weighted by Crippen LogP contribution is 2.16. The smallest absolute Gasteiger partial charge is 0.269 e. The Morgan fingerprint density at radius 2 is 2.10 bits per heavy atom. The maximum Gasteiger partial charge on any atom is 0.269 e. The highest BCUT2D eigenvalue weighted by Gasteiger charge is 2.12. The number of halogens is 1. The molecule has 0 aliphatic carbocycles. The summed E-state index contributed by atoms with van der Waals surface area (Å²) < 4.78 is 2.61. The number of nitro groups is 1. The molecule has 1 heterocycles. The zero-order valence-corrected chi connectivity index (χ0v) is 12.8. The molecule has 110 valence electrons. The Labute approximate surface area is 129 Å². The molecule has 0 saturated heterocycles. The number of nitrogens with zero attached hydrogens (tertiary/aromatic N) is 3. The Balaban J connectivity index is 2.04. The van der Waals surface area contributed by atoms with Crippen LogP contribution in [-0.2, 0) is 13.1 Å². The van der Waals surface area contributed by atoms with E-state index < -0.39 is 4.92 Å². The fourth-order valence-electron chi connectivity index (χ4n) is 1.84. The lowest BCUT2D eigenvalue weighted by molar-refractivity contribution is -0.384. The van der Waals surface area contributed by atoms with Crippen LogP contribution in [-0.4, -0.2) is 20.6 Å². The molecule has 1 aromatic heterocycles. The number of non-ortho nitro benzene ring substituents is 1. The quantitative estimate of drug-likeness (QED) is 0.661. The standard InChI is InChI=1S/C13H13BrN4O3/c1-2-17-12(11(14)7-16-17)8-15-13(19)9-3-5-10(6-4-9)18(20)21/h3-7H,2,8H2,1H3,(H,15,19). The number of benzene rings is 1. The average Bonchev–Trinajstić information content (AvgIpc) is 2.85. The van der Waals surface area contributed by atoms with Gasteiger partial charge in [-0.25, -0.2) is 0 Å². The van der Waals surface area contributed by atoms with E-state index in [1.807, 2.05) is 6.92 Å². The van der Waals surface area contributed by atoms with E-state index in [0.717, 1.165) is 10.2 Å². The van der Waals surface area contributed by atoms with Crippen LogP contribution in [0, 0.1) is 10.1 Å². The van der Waals surface area contributed by atoms with Crippen molar-refractivity contribution in [1.82, 2.24) is 15.1 Å². The van der Waals surface area contributed by atoms with Crippen LogP contribution in [0.15, 0.2) is 34.9 Å². The van der Waals surface area contributed by atoms with Crippen molar-refractivity contribution in [1.29, 1.82) is 0 Å². The predicted molar refractivity (Wildman–Crippen MR) is 79.9 cm³/mol. The predicted octanol–water partition coefficient (Wildman–Crippen LogP) is 2.50. The summed E-state index contributed by atoms with van der Waals surface area (Å²) in [6.45, 7) is 2.99. The Hall–Kier alpha value is -2.22. The minimum Gasteiger partial charge on any atom is -0.346 e. The number of aromatic nitrogens is 2. The van der Waals surface area contributed by atoms with Crippen LogP contribution in [0.1, 0.15) is 23.0 Å². The molecule has 0 atom stereocenters. The molecular weight excluding hydrogens is 340 g/mol. The van der Waals surface area contributed by atoms with Gasteiger partial charge in [-0.3, -0.25) is 19.6 Å². The summed E-state index contributed by atoms with van der Waals surface area (Å²) in [5, 5.41) is 17.5. The van der Waals surface area contributed by atoms with Gasteiger partial charge in [0.05, 0.1) is 27.8 Å². The SMILES string of the molecule is CCn1ncc(Br)c1CNC(=O)c1ccc([N+](=O)[O-])cc1. The first kappa shape index (κ1) is 15.2. The van der Waals surface area contributed by atoms with E-state index in [0.29, 0.717) is 18.7 Å². The molecule has 0 spiro atoms. The molecule has 1 aromatic carbocycles. The second-order valence-corrected chi connectivity index (χ2v) is 5.10. The topological polar surface area (TPSA) is 90.1 Å². The highest BCUT2D eigenvalue weighted by atomic mass is 79.9. The van der Waals surface area contributed by atoms with Crippen LogP contribution in [0.4, 0.5) is 5.69 Å². The van der Waals surface area contributed by atoms with Gasteiger partial charge in [0.15, 0.2) is 0 Å². The van der Waals surface area contributed by atoms with Crippen LogP contribution in [0.2, 0.25) is 0 Å². The minimum absolute atomic E-state index is 0.0432. The molecule has 0 unspecified atom stereocenters. The first-order valence-corrected chi connectivity index (χ1v) is 7.05. The summed E-state index contributed by atoms with van der Waals surface area (Å²) in [7, 11) is 0. The Kier molecular flexibility index (Phi) is 4.69. The zero-order valence-electron chi connectivity index (χ0n) is 11.2. The summed E-state index contributed by atoms with van der Waals surface area (Å²) >= 11 is 3.38. The van der Waals surface area contributed by atoms with Gasteiger partial charge in [-0.2, -0.15) is 5.10 Å². The lowest BCUT2D eigenvalue weighted by atomic mass is 10.2. The molecule has 7 nitrogen and oxygen atoms in total. The van der Waals surface area contributed by atoms with Gasteiger partial charge in [0.2, 0.25) is 0 Å². The number of amides is 1. The summed E-state index contributed by atoms with van der Waals surface area (Å²) in [5.41, 5.74) is 1.20. The first-order chi connectivity index (χ1) is 10.0. The van der Waals surface area contributed by atoms with E-state index in [2.05, 4.69) is 26.3 Å². The maximum absolute atomic E-state index is 12.0. The molecular formula is C13H13BrN4O3. The van der Waals surface area contributed by atoms with Gasteiger partial charge in [0.1, 0.15) is 0 Å². The zero-order chi connectivity index (χ0) is 15.4. The third-order valence-corrected chi connectivity index (χ3v) is 3.62. The van der Waals surface area contributed by atoms with Crippen molar-refractivity contribution in [2.75, 3.05) is 0 Å². The van der Waals surface area contributed by atoms with Gasteiger partial charge >= 0.3 is 0 Å². The molecule has 2 rings (SSSR count). The number of carbonyl (C=O) groups is 1. The van der Waals surface area contributed by atoms with Crippen molar-refractivity contribution in [3.05, 3.63) is 56.3 Å². The minimum atomic E-state index is -0.501. The number of nitro benzene ring substituents is 1. The van der Waals surface area contributed by atoms with Gasteiger partial charge in [-0.1, -0.05) is 0 Å². The molecule has 0 aliphatic heterocycles. The molecule has 0 radical (unpaired) electrons. The first-order valence-electron chi connectivity index (χ1n) is 6.25. The molecule has 8 heteroatoms. The Morgan fingerprint density at radius 3 is 2.67 bits per heavy atom. The number of hydrogen-bond donors (Lipinski definition) is 1. The third-order valence-electron chi connectivity index (χ3n) is 2.95. The average molecular weight is 353 g/mol. The normalized spacial score (nSPS) is 10.4. The summed E-state index contributed by atoms with van der Waals surface area (Å²) in [6, 6.07) is 5.47. The van der Waals surface area contributed by atoms with E-state index >= 15 is 0 Å². The Bertz CT molecular complexity index is 667. The van der Waals surface area contributed by atoms with Crippen molar-refractivity contribution >= 4 is 27.5 Å². The second kappa shape index (κ2) is 6.49. The number of nitrogens with one attached hydrogen (secondary N) is 1. The van der Waals surface area contributed by atoms with Gasteiger partial charge in [-0.15, -0.1) is 0 Å². The van der Waals surface area contributed by atoms with E-state index in [1.165, 1.54) is 24.3 Å². The van der Waals surface area contributed by atoms with Crippen LogP contribution in [0.3, 0.4) is 0 Å². The molecule has 0 saturated carbocycles.